The largest absolute Gasteiger partial charge is 0.345 e. The van der Waals surface area contributed by atoms with E-state index in [9.17, 15) is 14.4 Å². The molecular formula is C24H26Cl2N4O3. The quantitative estimate of drug-likeness (QED) is 0.647. The van der Waals surface area contributed by atoms with Crippen molar-refractivity contribution < 1.29 is 14.4 Å². The maximum absolute atomic E-state index is 13.2. The van der Waals surface area contributed by atoms with Gasteiger partial charge in [-0.2, -0.15) is 0 Å². The molecule has 0 spiro atoms. The highest BCUT2D eigenvalue weighted by Crippen LogP contribution is 2.31. The summed E-state index contributed by atoms with van der Waals surface area (Å²) in [6.45, 7) is 5.39. The number of hydrogen-bond donors (Lipinski definition) is 2. The molecule has 0 radical (unpaired) electrons. The van der Waals surface area contributed by atoms with Crippen LogP contribution in [0.3, 0.4) is 0 Å². The Morgan fingerprint density at radius 1 is 1.09 bits per heavy atom. The fourth-order valence-electron chi connectivity index (χ4n) is 3.50. The standard InChI is InChI=1S/C24H26Cl2N4O3/c1-13(2)11-20(31)27-14(3)23(32)29-22-24(33)30(4)19-10-9-15(25)12-17(19)21(28-22)16-7-5-6-8-18(16)26/h5-10,12-14,22H,11H2,1-4H3,(H,27,31)(H,29,32)/t14-,22?/m0/s1. The van der Waals surface area contributed by atoms with E-state index < -0.39 is 24.0 Å². The Bertz CT molecular complexity index is 1120. The molecule has 9 heteroatoms. The summed E-state index contributed by atoms with van der Waals surface area (Å²) in [5, 5.41) is 6.23. The molecule has 2 aromatic rings. The van der Waals surface area contributed by atoms with Crippen LogP contribution in [0.4, 0.5) is 5.69 Å². The van der Waals surface area contributed by atoms with Crippen molar-refractivity contribution in [1.82, 2.24) is 10.6 Å². The van der Waals surface area contributed by atoms with E-state index in [-0.39, 0.29) is 11.8 Å². The maximum atomic E-state index is 13.2. The van der Waals surface area contributed by atoms with E-state index in [1.54, 1.807) is 50.4 Å². The molecule has 0 saturated carbocycles. The van der Waals surface area contributed by atoms with Crippen LogP contribution in [0, 0.1) is 5.92 Å². The van der Waals surface area contributed by atoms with Gasteiger partial charge in [-0.3, -0.25) is 14.4 Å². The van der Waals surface area contributed by atoms with Crippen LogP contribution in [-0.2, 0) is 14.4 Å². The Morgan fingerprint density at radius 3 is 2.45 bits per heavy atom. The summed E-state index contributed by atoms with van der Waals surface area (Å²) >= 11 is 12.7. The topological polar surface area (TPSA) is 90.9 Å². The van der Waals surface area contributed by atoms with Crippen LogP contribution < -0.4 is 15.5 Å². The van der Waals surface area contributed by atoms with E-state index in [0.717, 1.165) is 0 Å². The van der Waals surface area contributed by atoms with Crippen LogP contribution in [0.1, 0.15) is 38.3 Å². The van der Waals surface area contributed by atoms with Crippen molar-refractivity contribution in [2.45, 2.75) is 39.4 Å². The number of benzene rings is 2. The minimum absolute atomic E-state index is 0.158. The maximum Gasteiger partial charge on any atom is 0.272 e. The van der Waals surface area contributed by atoms with Gasteiger partial charge in [0.05, 0.1) is 11.4 Å². The van der Waals surface area contributed by atoms with Crippen molar-refractivity contribution in [2.75, 3.05) is 11.9 Å². The van der Waals surface area contributed by atoms with Gasteiger partial charge >= 0.3 is 0 Å². The number of halogens is 2. The summed E-state index contributed by atoms with van der Waals surface area (Å²) in [5.74, 6) is -1.04. The van der Waals surface area contributed by atoms with Crippen molar-refractivity contribution in [3.8, 4) is 0 Å². The molecule has 33 heavy (non-hydrogen) atoms. The molecule has 1 aliphatic heterocycles. The minimum atomic E-state index is -1.22. The van der Waals surface area contributed by atoms with E-state index in [2.05, 4.69) is 15.6 Å². The van der Waals surface area contributed by atoms with E-state index in [1.165, 1.54) is 4.90 Å². The summed E-state index contributed by atoms with van der Waals surface area (Å²) in [4.78, 5) is 44.1. The lowest BCUT2D eigenvalue weighted by Gasteiger charge is -2.22. The van der Waals surface area contributed by atoms with Crippen LogP contribution in [0.25, 0.3) is 0 Å². The number of hydrogen-bond acceptors (Lipinski definition) is 4. The molecule has 3 amide bonds. The Hall–Kier alpha value is -2.90. The van der Waals surface area contributed by atoms with E-state index >= 15 is 0 Å². The second kappa shape index (κ2) is 10.4. The lowest BCUT2D eigenvalue weighted by atomic mass is 10.00. The molecule has 0 aliphatic carbocycles. The van der Waals surface area contributed by atoms with Crippen LogP contribution in [0.15, 0.2) is 47.5 Å². The van der Waals surface area contributed by atoms with Gasteiger partial charge in [-0.15, -0.1) is 0 Å². The van der Waals surface area contributed by atoms with Gasteiger partial charge in [-0.25, -0.2) is 4.99 Å². The predicted octanol–water partition coefficient (Wildman–Crippen LogP) is 3.80. The SMILES string of the molecule is CC(C)CC(=O)N[C@@H](C)C(=O)NC1N=C(c2ccccc2Cl)c2cc(Cl)ccc2N(C)C1=O. The fraction of sp³-hybridized carbons (Fsp3) is 0.333. The van der Waals surface area contributed by atoms with E-state index in [1.807, 2.05) is 19.9 Å². The number of carbonyl (C=O) groups is 3. The fourth-order valence-corrected chi connectivity index (χ4v) is 3.90. The first-order valence-electron chi connectivity index (χ1n) is 10.6. The number of amides is 3. The number of rotatable bonds is 6. The molecular weight excluding hydrogens is 463 g/mol. The smallest absolute Gasteiger partial charge is 0.272 e. The van der Waals surface area contributed by atoms with Crippen LogP contribution in [0.5, 0.6) is 0 Å². The number of nitrogens with one attached hydrogen (secondary N) is 2. The summed E-state index contributed by atoms with van der Waals surface area (Å²) in [6, 6.07) is 11.4. The Balaban J connectivity index is 1.98. The molecule has 1 aliphatic rings. The molecule has 7 nitrogen and oxygen atoms in total. The van der Waals surface area contributed by atoms with Crippen molar-refractivity contribution in [1.29, 1.82) is 0 Å². The van der Waals surface area contributed by atoms with Crippen molar-refractivity contribution >= 4 is 52.3 Å². The molecule has 0 fully saturated rings. The zero-order chi connectivity index (χ0) is 24.3. The number of nitrogens with zero attached hydrogens (tertiary/aromatic N) is 2. The third-order valence-corrected chi connectivity index (χ3v) is 5.73. The third-order valence-electron chi connectivity index (χ3n) is 5.17. The second-order valence-corrected chi connectivity index (χ2v) is 9.16. The van der Waals surface area contributed by atoms with E-state index in [4.69, 9.17) is 23.2 Å². The van der Waals surface area contributed by atoms with Gasteiger partial charge in [0.2, 0.25) is 18.0 Å². The molecule has 1 heterocycles. The zero-order valence-corrected chi connectivity index (χ0v) is 20.4. The lowest BCUT2D eigenvalue weighted by Crippen LogP contribution is -2.52. The van der Waals surface area contributed by atoms with Gasteiger partial charge < -0.3 is 15.5 Å². The van der Waals surface area contributed by atoms with Gasteiger partial charge in [0, 0.05) is 34.6 Å². The molecule has 174 valence electrons. The number of carbonyl (C=O) groups excluding carboxylic acids is 3. The molecule has 2 N–H and O–H groups in total. The Morgan fingerprint density at radius 2 is 1.79 bits per heavy atom. The van der Waals surface area contributed by atoms with Crippen molar-refractivity contribution in [2.24, 2.45) is 10.9 Å². The van der Waals surface area contributed by atoms with Gasteiger partial charge in [0.25, 0.3) is 5.91 Å². The van der Waals surface area contributed by atoms with Gasteiger partial charge in [-0.1, -0.05) is 55.2 Å². The Labute approximate surface area is 203 Å². The van der Waals surface area contributed by atoms with Gasteiger partial charge in [0.15, 0.2) is 0 Å². The van der Waals surface area contributed by atoms with Gasteiger partial charge in [0.1, 0.15) is 6.04 Å². The average Bonchev–Trinajstić information content (AvgIpc) is 2.84. The van der Waals surface area contributed by atoms with E-state index in [0.29, 0.717) is 39.0 Å². The zero-order valence-electron chi connectivity index (χ0n) is 18.9. The summed E-state index contributed by atoms with van der Waals surface area (Å²) in [7, 11) is 1.60. The first-order chi connectivity index (χ1) is 15.6. The molecule has 2 aromatic carbocycles. The third kappa shape index (κ3) is 5.72. The average molecular weight is 489 g/mol. The number of aliphatic imine (C=N–C) groups is 1. The molecule has 2 atom stereocenters. The van der Waals surface area contributed by atoms with Crippen LogP contribution in [0.2, 0.25) is 10.0 Å². The molecule has 0 saturated heterocycles. The van der Waals surface area contributed by atoms with Crippen LogP contribution in [-0.4, -0.2) is 42.7 Å². The minimum Gasteiger partial charge on any atom is -0.345 e. The lowest BCUT2D eigenvalue weighted by molar-refractivity contribution is -0.131. The van der Waals surface area contributed by atoms with Gasteiger partial charge in [-0.05, 0) is 37.1 Å². The molecule has 1 unspecified atom stereocenters. The molecule has 0 aromatic heterocycles. The van der Waals surface area contributed by atoms with Crippen molar-refractivity contribution in [3.63, 3.8) is 0 Å². The summed E-state index contributed by atoms with van der Waals surface area (Å²) in [6.07, 6.45) is -0.919. The predicted molar refractivity (Wildman–Crippen MR) is 131 cm³/mol. The first-order valence-corrected chi connectivity index (χ1v) is 11.3. The molecule has 3 rings (SSSR count). The highest BCUT2D eigenvalue weighted by Gasteiger charge is 2.32. The number of fused-ring (bicyclic) bond motifs is 1. The first kappa shape index (κ1) is 24.7. The summed E-state index contributed by atoms with van der Waals surface area (Å²) in [5.41, 5.74) is 2.22. The Kier molecular flexibility index (Phi) is 7.76. The van der Waals surface area contributed by atoms with Crippen LogP contribution >= 0.6 is 23.2 Å². The number of anilines is 1. The number of likely N-dealkylation sites (N-methyl/N-ethyl adjacent to an activating group) is 1. The second-order valence-electron chi connectivity index (χ2n) is 8.31. The highest BCUT2D eigenvalue weighted by atomic mass is 35.5. The van der Waals surface area contributed by atoms with Crippen molar-refractivity contribution in [3.05, 3.63) is 63.6 Å². The monoisotopic (exact) mass is 488 g/mol. The molecule has 0 bridgehead atoms. The number of benzodiazepines with no additional fused rings is 1. The normalized spacial score (nSPS) is 16.6. The highest BCUT2D eigenvalue weighted by molar-refractivity contribution is 6.37. The summed E-state index contributed by atoms with van der Waals surface area (Å²) < 4.78 is 0.